The first-order chi connectivity index (χ1) is 16.5. The quantitative estimate of drug-likeness (QED) is 0.394. The molecule has 2 aliphatic rings. The highest BCUT2D eigenvalue weighted by atomic mass is 35.5. The van der Waals surface area contributed by atoms with E-state index < -0.39 is 17.6 Å². The van der Waals surface area contributed by atoms with Gasteiger partial charge in [0.05, 0.1) is 12.8 Å². The van der Waals surface area contributed by atoms with Crippen LogP contribution in [-0.2, 0) is 10.3 Å². The van der Waals surface area contributed by atoms with E-state index >= 15 is 0 Å². The van der Waals surface area contributed by atoms with Crippen molar-refractivity contribution in [3.05, 3.63) is 107 Å². The lowest BCUT2D eigenvalue weighted by Gasteiger charge is -2.41. The number of aliphatic imine (C=N–C) groups is 1. The van der Waals surface area contributed by atoms with Crippen LogP contribution in [0.4, 0.5) is 4.39 Å². The Morgan fingerprint density at radius 2 is 1.79 bits per heavy atom. The first kappa shape index (κ1) is 20.8. The number of pyridine rings is 2. The van der Waals surface area contributed by atoms with Crippen molar-refractivity contribution in [3.8, 4) is 22.6 Å². The van der Waals surface area contributed by atoms with Crippen molar-refractivity contribution >= 4 is 17.4 Å². The molecule has 0 unspecified atom stereocenters. The van der Waals surface area contributed by atoms with Gasteiger partial charge in [0.2, 0.25) is 5.95 Å². The Balaban J connectivity index is 1.56. The third-order valence-electron chi connectivity index (χ3n) is 6.14. The highest BCUT2D eigenvalue weighted by molar-refractivity contribution is 6.29. The van der Waals surface area contributed by atoms with E-state index in [0.29, 0.717) is 44.7 Å². The molecule has 0 saturated carbocycles. The molecule has 2 N–H and O–H groups in total. The maximum absolute atomic E-state index is 14.5. The maximum Gasteiger partial charge on any atom is 0.220 e. The van der Waals surface area contributed by atoms with Crippen molar-refractivity contribution in [2.45, 2.75) is 11.6 Å². The first-order valence-corrected chi connectivity index (χ1v) is 11.0. The zero-order chi connectivity index (χ0) is 23.3. The largest absolute Gasteiger partial charge is 0.455 e. The van der Waals surface area contributed by atoms with Crippen LogP contribution in [0.3, 0.4) is 0 Å². The lowest BCUT2D eigenvalue weighted by Crippen LogP contribution is -2.43. The van der Waals surface area contributed by atoms with Crippen LogP contribution < -0.4 is 10.5 Å². The van der Waals surface area contributed by atoms with Crippen molar-refractivity contribution in [2.24, 2.45) is 10.7 Å². The Kier molecular flexibility index (Phi) is 4.83. The van der Waals surface area contributed by atoms with Crippen molar-refractivity contribution in [1.29, 1.82) is 0 Å². The van der Waals surface area contributed by atoms with Crippen LogP contribution >= 0.6 is 11.6 Å². The summed E-state index contributed by atoms with van der Waals surface area (Å²) in [6.45, 7) is 0.177. The molecule has 1 spiro atoms. The second-order valence-corrected chi connectivity index (χ2v) is 8.54. The lowest BCUT2D eigenvalue weighted by atomic mass is 9.79. The molecule has 2 aromatic heterocycles. The Bertz CT molecular complexity index is 1450. The summed E-state index contributed by atoms with van der Waals surface area (Å²) >= 11 is 6.27. The van der Waals surface area contributed by atoms with E-state index in [1.54, 1.807) is 36.5 Å². The maximum atomic E-state index is 14.5. The summed E-state index contributed by atoms with van der Waals surface area (Å²) in [5.74, 6) is 0.827. The second-order valence-electron chi connectivity index (χ2n) is 8.16. The minimum atomic E-state index is -1.04. The molecule has 0 saturated heterocycles. The number of hydrogen-bond donors (Lipinski definition) is 1. The molecular formula is C26H18ClFN4O2. The zero-order valence-corrected chi connectivity index (χ0v) is 18.5. The van der Waals surface area contributed by atoms with Crippen LogP contribution in [0.25, 0.3) is 11.1 Å². The molecule has 8 heteroatoms. The number of amidine groups is 1. The van der Waals surface area contributed by atoms with Crippen molar-refractivity contribution in [2.75, 3.05) is 6.61 Å². The van der Waals surface area contributed by atoms with E-state index in [-0.39, 0.29) is 6.61 Å². The normalized spacial score (nSPS) is 20.8. The van der Waals surface area contributed by atoms with E-state index in [4.69, 9.17) is 31.8 Å². The van der Waals surface area contributed by atoms with Gasteiger partial charge < -0.3 is 15.2 Å². The van der Waals surface area contributed by atoms with Crippen LogP contribution in [0.15, 0.2) is 84.1 Å². The molecule has 0 fully saturated rings. The third kappa shape index (κ3) is 3.24. The first-order valence-electron chi connectivity index (χ1n) is 10.7. The molecule has 168 valence electrons. The number of nitrogens with two attached hydrogens (primary N) is 1. The minimum Gasteiger partial charge on any atom is -0.455 e. The van der Waals surface area contributed by atoms with Gasteiger partial charge in [-0.2, -0.15) is 4.39 Å². The Morgan fingerprint density at radius 3 is 2.59 bits per heavy atom. The van der Waals surface area contributed by atoms with Gasteiger partial charge in [0.25, 0.3) is 0 Å². The van der Waals surface area contributed by atoms with Crippen LogP contribution in [0.5, 0.6) is 11.5 Å². The van der Waals surface area contributed by atoms with Crippen molar-refractivity contribution in [3.63, 3.8) is 0 Å². The summed E-state index contributed by atoms with van der Waals surface area (Å²) in [6.07, 6.45) is 2.49. The number of aromatic nitrogens is 2. The fourth-order valence-electron chi connectivity index (χ4n) is 4.57. The fraction of sp³-hybridized carbons (Fsp3) is 0.115. The fourth-order valence-corrected chi connectivity index (χ4v) is 4.73. The van der Waals surface area contributed by atoms with Gasteiger partial charge in [-0.15, -0.1) is 0 Å². The van der Waals surface area contributed by atoms with Crippen LogP contribution in [0.1, 0.15) is 22.8 Å². The number of hydrogen-bond acceptors (Lipinski definition) is 6. The van der Waals surface area contributed by atoms with E-state index in [2.05, 4.69) is 9.97 Å². The smallest absolute Gasteiger partial charge is 0.220 e. The average Bonchev–Trinajstić information content (AvgIpc) is 2.86. The zero-order valence-electron chi connectivity index (χ0n) is 17.8. The van der Waals surface area contributed by atoms with Crippen molar-refractivity contribution in [1.82, 2.24) is 9.97 Å². The van der Waals surface area contributed by atoms with E-state index in [9.17, 15) is 4.39 Å². The monoisotopic (exact) mass is 472 g/mol. The SMILES string of the molecule is NC1=N[C@@]2(CO[C@@H]1c1ccccc1)c1cc(-c3cccnc3F)ccc1Oc1cnc(Cl)cc12. The molecule has 2 aromatic carbocycles. The Morgan fingerprint density at radius 1 is 0.971 bits per heavy atom. The predicted octanol–water partition coefficient (Wildman–Crippen LogP) is 5.41. The van der Waals surface area contributed by atoms with Crippen LogP contribution in [0, 0.1) is 5.95 Å². The predicted molar refractivity (Wildman–Crippen MR) is 126 cm³/mol. The van der Waals surface area contributed by atoms with Gasteiger partial charge in [0.1, 0.15) is 28.4 Å². The number of benzene rings is 2. The van der Waals surface area contributed by atoms with Gasteiger partial charge >= 0.3 is 0 Å². The van der Waals surface area contributed by atoms with Gasteiger partial charge in [-0.3, -0.25) is 4.99 Å². The number of rotatable bonds is 2. The molecule has 0 radical (unpaired) electrons. The van der Waals surface area contributed by atoms with Gasteiger partial charge in [-0.05, 0) is 41.5 Å². The summed E-state index contributed by atoms with van der Waals surface area (Å²) in [7, 11) is 0. The highest BCUT2D eigenvalue weighted by Crippen LogP contribution is 2.52. The average molecular weight is 473 g/mol. The summed E-state index contributed by atoms with van der Waals surface area (Å²) in [6, 6.07) is 20.2. The van der Waals surface area contributed by atoms with E-state index in [1.807, 2.05) is 36.4 Å². The minimum absolute atomic E-state index is 0.177. The number of halogens is 2. The summed E-state index contributed by atoms with van der Waals surface area (Å²) < 4.78 is 27.0. The Hall–Kier alpha value is -3.81. The molecule has 6 nitrogen and oxygen atoms in total. The standard InChI is InChI=1S/C26H18ClFN4O2/c27-22-12-19-21(13-31-22)34-20-9-8-16(17-7-4-10-30-24(17)28)11-18(20)26(19)14-33-23(25(29)32-26)15-5-2-1-3-6-15/h1-13,23H,14H2,(H2,29,32)/t23-,26+/m1/s1. The molecule has 34 heavy (non-hydrogen) atoms. The van der Waals surface area contributed by atoms with Gasteiger partial charge in [-0.25, -0.2) is 9.97 Å². The molecule has 0 bridgehead atoms. The molecule has 6 rings (SSSR count). The van der Waals surface area contributed by atoms with Crippen molar-refractivity contribution < 1.29 is 13.9 Å². The molecule has 2 atom stereocenters. The molecule has 2 aliphatic heterocycles. The Labute approximate surface area is 199 Å². The molecule has 4 aromatic rings. The van der Waals surface area contributed by atoms with Crippen LogP contribution in [-0.4, -0.2) is 22.4 Å². The third-order valence-corrected chi connectivity index (χ3v) is 6.35. The van der Waals surface area contributed by atoms with Gasteiger partial charge in [-0.1, -0.05) is 48.0 Å². The second kappa shape index (κ2) is 7.90. The summed E-state index contributed by atoms with van der Waals surface area (Å²) in [5, 5.41) is 0.290. The number of fused-ring (bicyclic) bond motifs is 4. The van der Waals surface area contributed by atoms with E-state index in [1.165, 1.54) is 6.20 Å². The lowest BCUT2D eigenvalue weighted by molar-refractivity contribution is 0.0484. The van der Waals surface area contributed by atoms with Gasteiger partial charge in [0, 0.05) is 22.9 Å². The molecule has 4 heterocycles. The molecule has 0 aliphatic carbocycles. The van der Waals surface area contributed by atoms with E-state index in [0.717, 1.165) is 5.56 Å². The number of ether oxygens (including phenoxy) is 2. The summed E-state index contributed by atoms with van der Waals surface area (Å²) in [5.41, 5.74) is 8.75. The van der Waals surface area contributed by atoms with Crippen LogP contribution in [0.2, 0.25) is 5.15 Å². The highest BCUT2D eigenvalue weighted by Gasteiger charge is 2.47. The summed E-state index contributed by atoms with van der Waals surface area (Å²) in [4.78, 5) is 12.9. The number of nitrogens with zero attached hydrogens (tertiary/aromatic N) is 3. The molecular weight excluding hydrogens is 455 g/mol. The topological polar surface area (TPSA) is 82.6 Å². The molecule has 0 amide bonds. The van der Waals surface area contributed by atoms with Gasteiger partial charge in [0.15, 0.2) is 5.75 Å².